The highest BCUT2D eigenvalue weighted by atomic mass is 19.4. The lowest BCUT2D eigenvalue weighted by atomic mass is 9.98. The summed E-state index contributed by atoms with van der Waals surface area (Å²) in [6.45, 7) is 0.740. The topological polar surface area (TPSA) is 18.5 Å². The van der Waals surface area contributed by atoms with Crippen LogP contribution in [0.1, 0.15) is 6.92 Å². The van der Waals surface area contributed by atoms with Crippen molar-refractivity contribution in [2.75, 3.05) is 13.2 Å². The third-order valence-corrected chi connectivity index (χ3v) is 5.08. The fourth-order valence-corrected chi connectivity index (χ4v) is 3.54. The molecule has 4 aromatic rings. The predicted octanol–water partition coefficient (Wildman–Crippen LogP) is 7.79. The molecule has 170 valence electrons. The van der Waals surface area contributed by atoms with Crippen molar-refractivity contribution in [3.63, 3.8) is 0 Å². The highest BCUT2D eigenvalue weighted by molar-refractivity contribution is 5.89. The van der Waals surface area contributed by atoms with E-state index in [1.165, 1.54) is 6.07 Å². The van der Waals surface area contributed by atoms with E-state index in [1.807, 2.05) is 55.5 Å². The van der Waals surface area contributed by atoms with Crippen LogP contribution in [0.2, 0.25) is 0 Å². The van der Waals surface area contributed by atoms with Crippen molar-refractivity contribution in [3.8, 4) is 33.8 Å². The summed E-state index contributed by atoms with van der Waals surface area (Å²) in [5.74, 6) is -2.59. The predicted molar refractivity (Wildman–Crippen MR) is 117 cm³/mol. The monoisotopic (exact) mass is 458 g/mol. The van der Waals surface area contributed by atoms with Gasteiger partial charge in [0.1, 0.15) is 5.75 Å². The average Bonchev–Trinajstić information content (AvgIpc) is 2.79. The molecule has 7 heteroatoms. The van der Waals surface area contributed by atoms with Crippen LogP contribution in [-0.2, 0) is 0 Å². The van der Waals surface area contributed by atoms with E-state index in [4.69, 9.17) is 4.74 Å². The number of rotatable bonds is 6. The van der Waals surface area contributed by atoms with Gasteiger partial charge in [-0.05, 0) is 58.8 Å². The van der Waals surface area contributed by atoms with E-state index >= 15 is 0 Å². The molecule has 0 saturated heterocycles. The summed E-state index contributed by atoms with van der Waals surface area (Å²) in [7, 11) is 0. The van der Waals surface area contributed by atoms with Crippen molar-refractivity contribution >= 4 is 10.8 Å². The Morgan fingerprint density at radius 2 is 1.24 bits per heavy atom. The zero-order valence-corrected chi connectivity index (χ0v) is 17.5. The molecule has 0 amide bonds. The molecule has 0 saturated carbocycles. The quantitative estimate of drug-likeness (QED) is 0.275. The Morgan fingerprint density at radius 3 is 1.82 bits per heavy atom. The number of fused-ring (bicyclic) bond motifs is 1. The largest absolute Gasteiger partial charge is 0.494 e. The van der Waals surface area contributed by atoms with Crippen LogP contribution in [0.25, 0.3) is 33.0 Å². The lowest BCUT2D eigenvalue weighted by molar-refractivity contribution is -0.154. The van der Waals surface area contributed by atoms with E-state index in [-0.39, 0.29) is 10.8 Å². The highest BCUT2D eigenvalue weighted by Crippen LogP contribution is 2.34. The zero-order chi connectivity index (χ0) is 23.6. The summed E-state index contributed by atoms with van der Waals surface area (Å²) in [6.07, 6.45) is -4.70. The fourth-order valence-electron chi connectivity index (χ4n) is 3.54. The molecular weight excluding hydrogens is 439 g/mol. The Morgan fingerprint density at radius 1 is 0.697 bits per heavy atom. The molecule has 0 heterocycles. The van der Waals surface area contributed by atoms with Crippen LogP contribution in [0.3, 0.4) is 0 Å². The van der Waals surface area contributed by atoms with Gasteiger partial charge in [0.15, 0.2) is 24.0 Å². The average molecular weight is 458 g/mol. The van der Waals surface area contributed by atoms with Gasteiger partial charge in [-0.2, -0.15) is 13.2 Å². The molecule has 0 aliphatic heterocycles. The lowest BCUT2D eigenvalue weighted by Crippen LogP contribution is -2.20. The minimum Gasteiger partial charge on any atom is -0.494 e. The number of ether oxygens (including phenoxy) is 2. The Balaban J connectivity index is 1.60. The second kappa shape index (κ2) is 9.10. The maximum Gasteiger partial charge on any atom is 0.422 e. The van der Waals surface area contributed by atoms with Crippen molar-refractivity contribution in [2.45, 2.75) is 13.1 Å². The first-order valence-electron chi connectivity index (χ1n) is 10.2. The van der Waals surface area contributed by atoms with Crippen LogP contribution in [0.15, 0.2) is 72.8 Å². The summed E-state index contributed by atoms with van der Waals surface area (Å²) in [4.78, 5) is 0. The van der Waals surface area contributed by atoms with Gasteiger partial charge in [0.05, 0.1) is 6.61 Å². The summed E-state index contributed by atoms with van der Waals surface area (Å²) in [5.41, 5.74) is 3.54. The van der Waals surface area contributed by atoms with E-state index < -0.39 is 30.2 Å². The molecule has 4 rings (SSSR count). The van der Waals surface area contributed by atoms with E-state index in [9.17, 15) is 22.0 Å². The third-order valence-electron chi connectivity index (χ3n) is 5.08. The minimum atomic E-state index is -4.70. The van der Waals surface area contributed by atoms with Crippen LogP contribution < -0.4 is 9.47 Å². The lowest BCUT2D eigenvalue weighted by Gasteiger charge is -2.13. The van der Waals surface area contributed by atoms with E-state index in [1.54, 1.807) is 12.1 Å². The van der Waals surface area contributed by atoms with Gasteiger partial charge in [-0.1, -0.05) is 48.5 Å². The van der Waals surface area contributed by atoms with E-state index in [2.05, 4.69) is 4.74 Å². The van der Waals surface area contributed by atoms with Gasteiger partial charge < -0.3 is 9.47 Å². The van der Waals surface area contributed by atoms with Gasteiger partial charge in [0.2, 0.25) is 0 Å². The maximum atomic E-state index is 14.6. The molecular formula is C26H19F5O2. The molecule has 0 spiro atoms. The summed E-state index contributed by atoms with van der Waals surface area (Å²) in [6, 6.07) is 20.9. The summed E-state index contributed by atoms with van der Waals surface area (Å²) < 4.78 is 75.8. The number of hydrogen-bond donors (Lipinski definition) is 0. The van der Waals surface area contributed by atoms with Crippen LogP contribution >= 0.6 is 0 Å². The number of hydrogen-bond acceptors (Lipinski definition) is 2. The molecule has 0 atom stereocenters. The first-order valence-corrected chi connectivity index (χ1v) is 10.2. The molecule has 2 nitrogen and oxygen atoms in total. The van der Waals surface area contributed by atoms with Crippen molar-refractivity contribution in [3.05, 3.63) is 84.4 Å². The molecule has 0 bridgehead atoms. The zero-order valence-electron chi connectivity index (χ0n) is 17.5. The van der Waals surface area contributed by atoms with Gasteiger partial charge in [-0.15, -0.1) is 0 Å². The highest BCUT2D eigenvalue weighted by Gasteiger charge is 2.30. The second-order valence-corrected chi connectivity index (χ2v) is 7.38. The normalized spacial score (nSPS) is 11.6. The molecule has 4 aromatic carbocycles. The van der Waals surface area contributed by atoms with Crippen LogP contribution in [-0.4, -0.2) is 19.4 Å². The molecule has 33 heavy (non-hydrogen) atoms. The second-order valence-electron chi connectivity index (χ2n) is 7.38. The fraction of sp³-hybridized carbons (Fsp3) is 0.154. The van der Waals surface area contributed by atoms with Gasteiger partial charge in [-0.3, -0.25) is 0 Å². The first kappa shape index (κ1) is 22.6. The van der Waals surface area contributed by atoms with Gasteiger partial charge >= 0.3 is 6.18 Å². The SMILES string of the molecule is CCOc1ccc(-c2ccc(-c3ccc4c(F)c(OCC(F)(F)F)c(F)cc4c3)cc2)cc1. The Bertz CT molecular complexity index is 1260. The first-order chi connectivity index (χ1) is 15.7. The molecule has 0 aliphatic carbocycles. The Hall–Kier alpha value is -3.61. The van der Waals surface area contributed by atoms with Gasteiger partial charge in [0.25, 0.3) is 0 Å². The Kier molecular flexibility index (Phi) is 6.22. The third kappa shape index (κ3) is 5.08. The number of alkyl halides is 3. The Labute approximate surface area is 187 Å². The molecule has 0 N–H and O–H groups in total. The standard InChI is InChI=1S/C26H19F5O2/c1-2-32-21-10-7-17(8-11-21)16-3-5-18(6-4-16)19-9-12-22-20(13-19)14-23(27)25(24(22)28)33-15-26(29,30)31/h3-14H,2,15H2,1H3. The molecule has 0 unspecified atom stereocenters. The van der Waals surface area contributed by atoms with E-state index in [0.29, 0.717) is 12.2 Å². The van der Waals surface area contributed by atoms with Gasteiger partial charge in [-0.25, -0.2) is 8.78 Å². The van der Waals surface area contributed by atoms with Crippen molar-refractivity contribution < 1.29 is 31.4 Å². The van der Waals surface area contributed by atoms with Crippen LogP contribution in [0, 0.1) is 11.6 Å². The maximum absolute atomic E-state index is 14.6. The minimum absolute atomic E-state index is 0.0247. The summed E-state index contributed by atoms with van der Waals surface area (Å²) >= 11 is 0. The van der Waals surface area contributed by atoms with E-state index in [0.717, 1.165) is 28.5 Å². The molecule has 0 radical (unpaired) electrons. The molecule has 0 aromatic heterocycles. The molecule has 0 aliphatic rings. The smallest absolute Gasteiger partial charge is 0.422 e. The van der Waals surface area contributed by atoms with Crippen molar-refractivity contribution in [1.82, 2.24) is 0 Å². The van der Waals surface area contributed by atoms with Crippen molar-refractivity contribution in [1.29, 1.82) is 0 Å². The molecule has 0 fully saturated rings. The summed E-state index contributed by atoms with van der Waals surface area (Å²) in [5, 5.41) is 0.195. The van der Waals surface area contributed by atoms with Crippen LogP contribution in [0.4, 0.5) is 22.0 Å². The number of halogens is 5. The number of benzene rings is 4. The van der Waals surface area contributed by atoms with Gasteiger partial charge in [0, 0.05) is 5.39 Å². The van der Waals surface area contributed by atoms with Crippen molar-refractivity contribution in [2.24, 2.45) is 0 Å². The van der Waals surface area contributed by atoms with Crippen LogP contribution in [0.5, 0.6) is 11.5 Å².